The average molecular weight is 440 g/mol. The van der Waals surface area contributed by atoms with Crippen molar-refractivity contribution in [3.63, 3.8) is 0 Å². The van der Waals surface area contributed by atoms with Crippen molar-refractivity contribution in [3.8, 4) is 5.75 Å². The molecule has 156 valence electrons. The number of rotatable bonds is 2. The van der Waals surface area contributed by atoms with E-state index in [0.717, 1.165) is 18.2 Å². The minimum Gasteiger partial charge on any atom is -0.423 e. The number of alkyl halides is 3. The highest BCUT2D eigenvalue weighted by atomic mass is 32.2. The Morgan fingerprint density at radius 1 is 1.23 bits per heavy atom. The number of nitrogens with zero attached hydrogens (tertiary/aromatic N) is 2. The molecule has 0 radical (unpaired) electrons. The van der Waals surface area contributed by atoms with Gasteiger partial charge < -0.3 is 14.1 Å². The Labute approximate surface area is 166 Å². The smallest absolute Gasteiger partial charge is 0.417 e. The van der Waals surface area contributed by atoms with Gasteiger partial charge in [0.25, 0.3) is 10.0 Å². The van der Waals surface area contributed by atoms with Gasteiger partial charge in [0.05, 0.1) is 11.3 Å². The van der Waals surface area contributed by atoms with Crippen molar-refractivity contribution in [3.05, 3.63) is 64.2 Å². The third kappa shape index (κ3) is 3.73. The molecule has 0 N–H and O–H groups in total. The number of benzene rings is 1. The van der Waals surface area contributed by atoms with Crippen molar-refractivity contribution in [2.24, 2.45) is 4.40 Å². The van der Waals surface area contributed by atoms with Gasteiger partial charge >= 0.3 is 17.8 Å². The number of amidine groups is 1. The fourth-order valence-electron chi connectivity index (χ4n) is 2.98. The molecule has 0 bridgehead atoms. The summed E-state index contributed by atoms with van der Waals surface area (Å²) in [5, 5.41) is -0.379. The van der Waals surface area contributed by atoms with Gasteiger partial charge in [0.1, 0.15) is 16.9 Å². The first-order valence-electron chi connectivity index (χ1n) is 8.39. The second-order valence-electron chi connectivity index (χ2n) is 6.34. The number of esters is 1. The van der Waals surface area contributed by atoms with E-state index in [9.17, 15) is 31.2 Å². The van der Waals surface area contributed by atoms with Gasteiger partial charge in [-0.1, -0.05) is 0 Å². The zero-order valence-corrected chi connectivity index (χ0v) is 15.7. The average Bonchev–Trinajstić information content (AvgIpc) is 2.65. The summed E-state index contributed by atoms with van der Waals surface area (Å²) in [5.41, 5.74) is -2.96. The molecule has 0 fully saturated rings. The first-order valence-corrected chi connectivity index (χ1v) is 10.00. The molecule has 0 amide bonds. The van der Waals surface area contributed by atoms with Gasteiger partial charge in [-0.2, -0.15) is 13.2 Å². The minimum absolute atomic E-state index is 0.101. The van der Waals surface area contributed by atoms with E-state index >= 15 is 0 Å². The number of halogens is 3. The number of carbonyl (C=O) groups is 1. The third-order valence-electron chi connectivity index (χ3n) is 4.31. The molecule has 2 aromatic rings. The van der Waals surface area contributed by atoms with Crippen LogP contribution in [0.1, 0.15) is 5.56 Å². The lowest BCUT2D eigenvalue weighted by Gasteiger charge is -2.28. The minimum atomic E-state index is -4.78. The Balaban J connectivity index is 1.68. The van der Waals surface area contributed by atoms with Gasteiger partial charge in [0.2, 0.25) is 0 Å². The number of sulfonamides is 1. The zero-order valence-electron chi connectivity index (χ0n) is 14.8. The summed E-state index contributed by atoms with van der Waals surface area (Å²) in [6, 6.07) is 3.42. The van der Waals surface area contributed by atoms with E-state index in [0.29, 0.717) is 6.07 Å². The lowest BCUT2D eigenvalue weighted by Crippen LogP contribution is -2.40. The van der Waals surface area contributed by atoms with Gasteiger partial charge in [-0.25, -0.2) is 18.0 Å². The van der Waals surface area contributed by atoms with E-state index in [2.05, 4.69) is 4.40 Å². The monoisotopic (exact) mass is 440 g/mol. The molecular weight excluding hydrogens is 429 g/mol. The van der Waals surface area contributed by atoms with Gasteiger partial charge in [-0.3, -0.25) is 0 Å². The predicted molar refractivity (Wildman–Crippen MR) is 98.3 cm³/mol. The van der Waals surface area contributed by atoms with Crippen LogP contribution in [0.15, 0.2) is 61.8 Å². The standard InChI is InChI=1S/C18H11F3N2O6S/c19-18(20,21)13-9-15(24)29-14-8-10(3-4-11(13)14)28-17(25)12-2-1-5-23-6-7-30(26,27)22-16(12)23/h1-5,8-9H,6-7H2. The Morgan fingerprint density at radius 2 is 2.00 bits per heavy atom. The second-order valence-corrected chi connectivity index (χ2v) is 8.10. The van der Waals surface area contributed by atoms with Gasteiger partial charge in [0, 0.05) is 30.3 Å². The number of hydrogen-bond acceptors (Lipinski definition) is 7. The Hall–Kier alpha value is -3.41. The van der Waals surface area contributed by atoms with Gasteiger partial charge in [-0.15, -0.1) is 4.40 Å². The first kappa shape index (κ1) is 19.9. The van der Waals surface area contributed by atoms with Crippen LogP contribution in [-0.4, -0.2) is 37.4 Å². The fraction of sp³-hybridized carbons (Fsp3) is 0.167. The molecule has 0 atom stereocenters. The molecule has 3 heterocycles. The van der Waals surface area contributed by atoms with E-state index in [-0.39, 0.29) is 34.8 Å². The highest BCUT2D eigenvalue weighted by molar-refractivity contribution is 7.90. The summed E-state index contributed by atoms with van der Waals surface area (Å²) >= 11 is 0. The van der Waals surface area contributed by atoms with Crippen molar-refractivity contribution >= 4 is 32.8 Å². The normalized spacial score (nSPS) is 17.9. The van der Waals surface area contributed by atoms with Crippen LogP contribution in [0.5, 0.6) is 5.75 Å². The third-order valence-corrected chi connectivity index (χ3v) is 5.46. The quantitative estimate of drug-likeness (QED) is 0.400. The van der Waals surface area contributed by atoms with E-state index in [4.69, 9.17) is 9.15 Å². The summed E-state index contributed by atoms with van der Waals surface area (Å²) < 4.78 is 76.5. The SMILES string of the molecule is O=C(Oc1ccc2c(C(F)(F)F)cc(=O)oc2c1)C1=CC=CN2CCS(=O)(=O)N=C12. The summed E-state index contributed by atoms with van der Waals surface area (Å²) in [4.78, 5) is 25.5. The molecule has 0 spiro atoms. The fourth-order valence-corrected chi connectivity index (χ4v) is 3.96. The van der Waals surface area contributed by atoms with Crippen LogP contribution >= 0.6 is 0 Å². The maximum absolute atomic E-state index is 13.1. The molecule has 1 aromatic heterocycles. The number of ether oxygens (including phenoxy) is 1. The largest absolute Gasteiger partial charge is 0.423 e. The number of hydrogen-bond donors (Lipinski definition) is 0. The molecule has 2 aliphatic rings. The maximum Gasteiger partial charge on any atom is 0.417 e. The molecule has 0 unspecified atom stereocenters. The predicted octanol–water partition coefficient (Wildman–Crippen LogP) is 2.21. The first-order chi connectivity index (χ1) is 14.0. The second kappa shape index (κ2) is 6.83. The topological polar surface area (TPSA) is 106 Å². The molecule has 8 nitrogen and oxygen atoms in total. The molecule has 0 saturated carbocycles. The molecule has 2 aliphatic heterocycles. The van der Waals surface area contributed by atoms with E-state index in [1.807, 2.05) is 0 Å². The summed E-state index contributed by atoms with van der Waals surface area (Å²) in [5.74, 6) is -1.50. The summed E-state index contributed by atoms with van der Waals surface area (Å²) in [7, 11) is -3.74. The molecule has 0 aliphatic carbocycles. The van der Waals surface area contributed by atoms with Crippen molar-refractivity contribution < 1.29 is 35.5 Å². The van der Waals surface area contributed by atoms with Crippen LogP contribution in [0, 0.1) is 0 Å². The van der Waals surface area contributed by atoms with Crippen LogP contribution in [0.2, 0.25) is 0 Å². The highest BCUT2D eigenvalue weighted by Crippen LogP contribution is 2.35. The van der Waals surface area contributed by atoms with Gasteiger partial charge in [0.15, 0.2) is 5.84 Å². The zero-order chi connectivity index (χ0) is 21.7. The summed E-state index contributed by atoms with van der Waals surface area (Å²) in [6.45, 7) is 0.101. The summed E-state index contributed by atoms with van der Waals surface area (Å²) in [6.07, 6.45) is -0.419. The lowest BCUT2D eigenvalue weighted by atomic mass is 10.1. The van der Waals surface area contributed by atoms with Crippen molar-refractivity contribution in [1.82, 2.24) is 4.90 Å². The number of allylic oxidation sites excluding steroid dienone is 2. The number of carbonyl (C=O) groups excluding carboxylic acids is 1. The van der Waals surface area contributed by atoms with Crippen LogP contribution < -0.4 is 10.4 Å². The van der Waals surface area contributed by atoms with Crippen molar-refractivity contribution in [2.45, 2.75) is 6.18 Å². The Morgan fingerprint density at radius 3 is 2.73 bits per heavy atom. The molecule has 30 heavy (non-hydrogen) atoms. The van der Waals surface area contributed by atoms with Gasteiger partial charge in [-0.05, 0) is 24.3 Å². The lowest BCUT2D eigenvalue weighted by molar-refractivity contribution is -0.136. The maximum atomic E-state index is 13.1. The van der Waals surface area contributed by atoms with Crippen LogP contribution in [0.3, 0.4) is 0 Å². The molecule has 0 saturated heterocycles. The van der Waals surface area contributed by atoms with Crippen LogP contribution in [0.25, 0.3) is 11.0 Å². The molecule has 1 aromatic carbocycles. The van der Waals surface area contributed by atoms with Crippen molar-refractivity contribution in [2.75, 3.05) is 12.3 Å². The van der Waals surface area contributed by atoms with E-state index in [1.54, 1.807) is 6.20 Å². The van der Waals surface area contributed by atoms with E-state index < -0.39 is 38.9 Å². The Kier molecular flexibility index (Phi) is 4.53. The number of fused-ring (bicyclic) bond motifs is 2. The molecule has 4 rings (SSSR count). The van der Waals surface area contributed by atoms with Crippen LogP contribution in [-0.2, 0) is 21.0 Å². The van der Waals surface area contributed by atoms with Crippen LogP contribution in [0.4, 0.5) is 13.2 Å². The van der Waals surface area contributed by atoms with E-state index in [1.165, 1.54) is 17.1 Å². The Bertz CT molecular complexity index is 1320. The highest BCUT2D eigenvalue weighted by Gasteiger charge is 2.34. The molecule has 12 heteroatoms. The molecular formula is C18H11F3N2O6S. The van der Waals surface area contributed by atoms with Crippen molar-refractivity contribution in [1.29, 1.82) is 0 Å².